The third-order valence-corrected chi connectivity index (χ3v) is 5.29. The fourth-order valence-electron chi connectivity index (χ4n) is 3.57. The van der Waals surface area contributed by atoms with Crippen LogP contribution in [0.4, 0.5) is 0 Å². The summed E-state index contributed by atoms with van der Waals surface area (Å²) < 4.78 is 6.51. The van der Waals surface area contributed by atoms with Gasteiger partial charge in [0.05, 0.1) is 6.54 Å². The molecule has 0 saturated heterocycles. The van der Waals surface area contributed by atoms with Gasteiger partial charge in [-0.15, -0.1) is 11.6 Å². The van der Waals surface area contributed by atoms with Crippen molar-refractivity contribution in [3.63, 3.8) is 0 Å². The van der Waals surface area contributed by atoms with Gasteiger partial charge in [-0.2, -0.15) is 4.98 Å². The van der Waals surface area contributed by atoms with Crippen molar-refractivity contribution in [2.45, 2.75) is 26.9 Å². The lowest BCUT2D eigenvalue weighted by molar-refractivity contribution is 0.656. The minimum atomic E-state index is -0.379. The molecule has 8 heteroatoms. The van der Waals surface area contributed by atoms with Gasteiger partial charge in [-0.05, 0) is 19.4 Å². The molecule has 0 aliphatic rings. The number of imidazole rings is 2. The average Bonchev–Trinajstić information content (AvgIpc) is 3.16. The predicted octanol–water partition coefficient (Wildman–Crippen LogP) is 2.05. The second kappa shape index (κ2) is 6.42. The molecule has 0 N–H and O–H groups in total. The van der Waals surface area contributed by atoms with Crippen LogP contribution >= 0.6 is 11.6 Å². The molecule has 0 spiro atoms. The Morgan fingerprint density at radius 1 is 1.04 bits per heavy atom. The number of aromatic nitrogens is 5. The largest absolute Gasteiger partial charge is 0.332 e. The van der Waals surface area contributed by atoms with Crippen LogP contribution in [0, 0.1) is 13.8 Å². The van der Waals surface area contributed by atoms with E-state index in [1.165, 1.54) is 9.13 Å². The van der Waals surface area contributed by atoms with Crippen LogP contribution in [0.2, 0.25) is 0 Å². The highest BCUT2D eigenvalue weighted by atomic mass is 35.5. The van der Waals surface area contributed by atoms with Gasteiger partial charge in [-0.25, -0.2) is 4.79 Å². The molecular weight excluding hydrogens is 366 g/mol. The summed E-state index contributed by atoms with van der Waals surface area (Å²) in [5.41, 5.74) is 2.89. The number of aryl methyl sites for hydroxylation is 3. The predicted molar refractivity (Wildman–Crippen MR) is 106 cm³/mol. The third kappa shape index (κ3) is 2.53. The molecule has 7 nitrogen and oxygen atoms in total. The number of fused-ring (bicyclic) bond motifs is 3. The van der Waals surface area contributed by atoms with Crippen molar-refractivity contribution in [2.75, 3.05) is 5.88 Å². The van der Waals surface area contributed by atoms with Crippen molar-refractivity contribution in [3.05, 3.63) is 68.1 Å². The van der Waals surface area contributed by atoms with Gasteiger partial charge in [-0.1, -0.05) is 30.3 Å². The first-order valence-corrected chi connectivity index (χ1v) is 9.26. The van der Waals surface area contributed by atoms with Crippen molar-refractivity contribution in [1.82, 2.24) is 23.1 Å². The lowest BCUT2D eigenvalue weighted by atomic mass is 10.2. The summed E-state index contributed by atoms with van der Waals surface area (Å²) in [5.74, 6) is 1.07. The molecule has 27 heavy (non-hydrogen) atoms. The lowest BCUT2D eigenvalue weighted by Crippen LogP contribution is -2.39. The SMILES string of the molecule is Cc1c(C)n2c3c(=O)n(Cc4ccccc4)c(=O)n(C)c3nc2n1CCCl. The molecule has 140 valence electrons. The second-order valence-corrected chi connectivity index (χ2v) is 7.03. The molecule has 0 aliphatic carbocycles. The van der Waals surface area contributed by atoms with Crippen LogP contribution in [0.15, 0.2) is 39.9 Å². The van der Waals surface area contributed by atoms with E-state index in [9.17, 15) is 9.59 Å². The van der Waals surface area contributed by atoms with Crippen LogP contribution in [0.3, 0.4) is 0 Å². The molecule has 3 heterocycles. The quantitative estimate of drug-likeness (QED) is 0.505. The molecule has 0 atom stereocenters. The van der Waals surface area contributed by atoms with Crippen molar-refractivity contribution in [2.24, 2.45) is 7.05 Å². The first kappa shape index (κ1) is 17.6. The number of hydrogen-bond acceptors (Lipinski definition) is 3. The smallest absolute Gasteiger partial charge is 0.313 e. The van der Waals surface area contributed by atoms with E-state index in [1.54, 1.807) is 7.05 Å². The van der Waals surface area contributed by atoms with Crippen LogP contribution in [0.25, 0.3) is 16.9 Å². The Morgan fingerprint density at radius 2 is 1.74 bits per heavy atom. The van der Waals surface area contributed by atoms with Gasteiger partial charge in [-0.3, -0.25) is 18.3 Å². The van der Waals surface area contributed by atoms with Crippen LogP contribution in [0.1, 0.15) is 17.0 Å². The van der Waals surface area contributed by atoms with E-state index in [4.69, 9.17) is 11.6 Å². The number of benzene rings is 1. The van der Waals surface area contributed by atoms with Crippen LogP contribution < -0.4 is 11.2 Å². The Balaban J connectivity index is 2.08. The summed E-state index contributed by atoms with van der Waals surface area (Å²) in [6.45, 7) is 4.73. The summed E-state index contributed by atoms with van der Waals surface area (Å²) in [5, 5.41) is 0. The zero-order valence-electron chi connectivity index (χ0n) is 15.4. The Hall–Kier alpha value is -2.80. The molecule has 4 aromatic rings. The van der Waals surface area contributed by atoms with Gasteiger partial charge in [0.15, 0.2) is 11.2 Å². The summed E-state index contributed by atoms with van der Waals surface area (Å²) in [6.07, 6.45) is 0. The van der Waals surface area contributed by atoms with Crippen LogP contribution in [-0.2, 0) is 20.1 Å². The number of rotatable bonds is 4. The van der Waals surface area contributed by atoms with Crippen LogP contribution in [-0.4, -0.2) is 29.0 Å². The Morgan fingerprint density at radius 3 is 2.41 bits per heavy atom. The summed E-state index contributed by atoms with van der Waals surface area (Å²) in [4.78, 5) is 30.7. The molecular formula is C19H20ClN5O2. The Labute approximate surface area is 160 Å². The number of nitrogens with zero attached hydrogens (tertiary/aromatic N) is 5. The Bertz CT molecular complexity index is 1280. The van der Waals surface area contributed by atoms with Gasteiger partial charge >= 0.3 is 5.69 Å². The zero-order chi connectivity index (χ0) is 19.3. The van der Waals surface area contributed by atoms with E-state index in [-0.39, 0.29) is 17.8 Å². The molecule has 0 unspecified atom stereocenters. The van der Waals surface area contributed by atoms with E-state index >= 15 is 0 Å². The highest BCUT2D eigenvalue weighted by molar-refractivity contribution is 6.17. The molecule has 0 saturated carbocycles. The number of alkyl halides is 1. The van der Waals surface area contributed by atoms with Gasteiger partial charge < -0.3 is 4.57 Å². The fourth-order valence-corrected chi connectivity index (χ4v) is 3.74. The highest BCUT2D eigenvalue weighted by Crippen LogP contribution is 2.20. The maximum atomic E-state index is 13.3. The molecule has 0 radical (unpaired) electrons. The minimum absolute atomic E-state index is 0.218. The number of hydrogen-bond donors (Lipinski definition) is 0. The van der Waals surface area contributed by atoms with Crippen molar-refractivity contribution < 1.29 is 0 Å². The maximum Gasteiger partial charge on any atom is 0.332 e. The number of halogens is 1. The van der Waals surface area contributed by atoms with E-state index in [0.717, 1.165) is 17.0 Å². The van der Waals surface area contributed by atoms with E-state index in [1.807, 2.05) is 53.1 Å². The Kier molecular flexibility index (Phi) is 4.19. The third-order valence-electron chi connectivity index (χ3n) is 5.12. The van der Waals surface area contributed by atoms with Gasteiger partial charge in [0.1, 0.15) is 0 Å². The standard InChI is InChI=1S/C19H20ClN5O2/c1-12-13(2)25-15-16(21-18(25)23(12)10-9-20)22(3)19(27)24(17(15)26)11-14-7-5-4-6-8-14/h4-8H,9-11H2,1-3H3. The molecule has 0 aliphatic heterocycles. The fraction of sp³-hybridized carbons (Fsp3) is 0.316. The summed E-state index contributed by atoms with van der Waals surface area (Å²) in [6, 6.07) is 9.48. The molecule has 0 amide bonds. The monoisotopic (exact) mass is 385 g/mol. The van der Waals surface area contributed by atoms with Crippen molar-refractivity contribution in [3.8, 4) is 0 Å². The highest BCUT2D eigenvalue weighted by Gasteiger charge is 2.22. The first-order chi connectivity index (χ1) is 13.0. The molecule has 1 aromatic carbocycles. The maximum absolute atomic E-state index is 13.3. The van der Waals surface area contributed by atoms with Gasteiger partial charge in [0, 0.05) is 30.9 Å². The molecule has 0 bridgehead atoms. The van der Waals surface area contributed by atoms with Crippen molar-refractivity contribution >= 4 is 28.5 Å². The summed E-state index contributed by atoms with van der Waals surface area (Å²) >= 11 is 5.94. The first-order valence-electron chi connectivity index (χ1n) is 8.73. The molecule has 3 aromatic heterocycles. The van der Waals surface area contributed by atoms with Gasteiger partial charge in [0.2, 0.25) is 5.78 Å². The normalized spacial score (nSPS) is 11.7. The second-order valence-electron chi connectivity index (χ2n) is 6.65. The van der Waals surface area contributed by atoms with E-state index < -0.39 is 0 Å². The zero-order valence-corrected chi connectivity index (χ0v) is 16.2. The molecule has 4 rings (SSSR count). The summed E-state index contributed by atoms with van der Waals surface area (Å²) in [7, 11) is 1.64. The van der Waals surface area contributed by atoms with Gasteiger partial charge in [0.25, 0.3) is 5.56 Å². The average molecular weight is 386 g/mol. The topological polar surface area (TPSA) is 66.2 Å². The van der Waals surface area contributed by atoms with Crippen LogP contribution in [0.5, 0.6) is 0 Å². The minimum Gasteiger partial charge on any atom is -0.313 e. The van der Waals surface area contributed by atoms with E-state index in [2.05, 4.69) is 4.98 Å². The lowest BCUT2D eigenvalue weighted by Gasteiger charge is -2.08. The molecule has 0 fully saturated rings. The van der Waals surface area contributed by atoms with E-state index in [0.29, 0.717) is 29.4 Å². The van der Waals surface area contributed by atoms with Crippen molar-refractivity contribution in [1.29, 1.82) is 0 Å².